The average molecular weight is 424 g/mol. The number of ether oxygens (including phenoxy) is 1. The van der Waals surface area contributed by atoms with Crippen molar-refractivity contribution in [3.63, 3.8) is 0 Å². The zero-order valence-electron chi connectivity index (χ0n) is 17.4. The number of Topliss-reactive ketones (excluding diaryl/α,β-unsaturated/α-hetero) is 1. The summed E-state index contributed by atoms with van der Waals surface area (Å²) in [5.41, 5.74) is 0.720. The molecule has 3 rings (SSSR count). The van der Waals surface area contributed by atoms with E-state index in [1.54, 1.807) is 25.1 Å². The summed E-state index contributed by atoms with van der Waals surface area (Å²) in [6.07, 6.45) is 2.49. The minimum atomic E-state index is -0.677. The highest BCUT2D eigenvalue weighted by atomic mass is 16.6. The molecule has 0 saturated heterocycles. The Kier molecular flexibility index (Phi) is 6.69. The van der Waals surface area contributed by atoms with E-state index in [0.717, 1.165) is 0 Å². The normalized spacial score (nSPS) is 11.9. The van der Waals surface area contributed by atoms with Gasteiger partial charge in [-0.2, -0.15) is 0 Å². The van der Waals surface area contributed by atoms with Crippen molar-refractivity contribution in [2.75, 3.05) is 6.61 Å². The van der Waals surface area contributed by atoms with Gasteiger partial charge < -0.3 is 14.9 Å². The highest BCUT2D eigenvalue weighted by Crippen LogP contribution is 2.43. The van der Waals surface area contributed by atoms with Gasteiger partial charge in [-0.3, -0.25) is 19.9 Å². The Morgan fingerprint density at radius 2 is 2.00 bits per heavy atom. The first kappa shape index (κ1) is 22.0. The number of benzene rings is 2. The van der Waals surface area contributed by atoms with Crippen molar-refractivity contribution in [1.29, 1.82) is 0 Å². The molecule has 0 aliphatic carbocycles. The smallest absolute Gasteiger partial charge is 0.279 e. The van der Waals surface area contributed by atoms with Gasteiger partial charge in [-0.1, -0.05) is 13.0 Å². The van der Waals surface area contributed by atoms with Crippen LogP contribution in [-0.4, -0.2) is 32.5 Å². The Morgan fingerprint density at radius 3 is 2.68 bits per heavy atom. The second kappa shape index (κ2) is 9.42. The molecular formula is C23H24N2O6. The average Bonchev–Trinajstić information content (AvgIpc) is 2.74. The molecule has 0 aliphatic heterocycles. The second-order valence-corrected chi connectivity index (χ2v) is 7.20. The third-order valence-corrected chi connectivity index (χ3v) is 5.09. The molecule has 31 heavy (non-hydrogen) atoms. The minimum Gasteiger partial charge on any atom is -0.505 e. The lowest BCUT2D eigenvalue weighted by Gasteiger charge is -2.20. The number of aromatic nitrogens is 1. The summed E-state index contributed by atoms with van der Waals surface area (Å²) < 4.78 is 5.46. The maximum absolute atomic E-state index is 12.6. The lowest BCUT2D eigenvalue weighted by molar-refractivity contribution is -0.383. The number of nitrogens with zero attached hydrogens (tertiary/aromatic N) is 2. The summed E-state index contributed by atoms with van der Waals surface area (Å²) in [6, 6.07) is 9.05. The van der Waals surface area contributed by atoms with Crippen molar-refractivity contribution in [1.82, 2.24) is 4.98 Å². The lowest BCUT2D eigenvalue weighted by atomic mass is 9.84. The SMILES string of the molecule is CCCC(=O)CC(c1ccc(O)c(OCC)c1)c1cc([N+](=O)[O-])c2cccnc2c1O. The molecule has 0 bridgehead atoms. The van der Waals surface area contributed by atoms with E-state index in [2.05, 4.69) is 4.98 Å². The van der Waals surface area contributed by atoms with Gasteiger partial charge in [0, 0.05) is 36.6 Å². The summed E-state index contributed by atoms with van der Waals surface area (Å²) in [6.45, 7) is 3.99. The van der Waals surface area contributed by atoms with Gasteiger partial charge in [0.25, 0.3) is 5.69 Å². The molecule has 1 aromatic heterocycles. The van der Waals surface area contributed by atoms with Crippen LogP contribution in [0.4, 0.5) is 5.69 Å². The summed E-state index contributed by atoms with van der Waals surface area (Å²) in [4.78, 5) is 27.9. The van der Waals surface area contributed by atoms with E-state index in [1.807, 2.05) is 6.92 Å². The molecule has 0 amide bonds. The number of phenols is 2. The number of phenolic OH excluding ortho intramolecular Hbond substituents is 2. The van der Waals surface area contributed by atoms with Crippen molar-refractivity contribution < 1.29 is 24.7 Å². The Bertz CT molecular complexity index is 1130. The second-order valence-electron chi connectivity index (χ2n) is 7.20. The monoisotopic (exact) mass is 424 g/mol. The standard InChI is InChI=1S/C23H24N2O6/c1-3-6-15(26)12-17(14-8-9-20(27)21(11-14)31-4-2)18-13-19(25(29)30)16-7-5-10-24-22(16)23(18)28/h5,7-11,13,17,27-28H,3-4,6,12H2,1-2H3. The Hall–Kier alpha value is -3.68. The van der Waals surface area contributed by atoms with E-state index in [1.165, 1.54) is 24.4 Å². The first-order chi connectivity index (χ1) is 14.9. The summed E-state index contributed by atoms with van der Waals surface area (Å²) >= 11 is 0. The van der Waals surface area contributed by atoms with Gasteiger partial charge >= 0.3 is 0 Å². The van der Waals surface area contributed by atoms with E-state index in [4.69, 9.17) is 4.74 Å². The topological polar surface area (TPSA) is 123 Å². The zero-order valence-corrected chi connectivity index (χ0v) is 17.4. The third kappa shape index (κ3) is 4.58. The van der Waals surface area contributed by atoms with Gasteiger partial charge in [-0.15, -0.1) is 0 Å². The molecule has 8 heteroatoms. The number of nitro benzene ring substituents is 1. The maximum atomic E-state index is 12.6. The van der Waals surface area contributed by atoms with E-state index < -0.39 is 10.8 Å². The third-order valence-electron chi connectivity index (χ3n) is 5.09. The summed E-state index contributed by atoms with van der Waals surface area (Å²) in [5.74, 6) is -0.743. The fourth-order valence-electron chi connectivity index (χ4n) is 3.68. The number of hydrogen-bond donors (Lipinski definition) is 2. The zero-order chi connectivity index (χ0) is 22.5. The predicted octanol–water partition coefficient (Wildman–Crippen LogP) is 4.84. The molecule has 3 aromatic rings. The van der Waals surface area contributed by atoms with E-state index in [-0.39, 0.29) is 51.6 Å². The van der Waals surface area contributed by atoms with Crippen LogP contribution >= 0.6 is 0 Å². The van der Waals surface area contributed by atoms with Crippen LogP contribution in [0.3, 0.4) is 0 Å². The molecule has 0 spiro atoms. The lowest BCUT2D eigenvalue weighted by Crippen LogP contribution is -2.10. The predicted molar refractivity (Wildman–Crippen MR) is 116 cm³/mol. The quantitative estimate of drug-likeness (QED) is 0.372. The fourth-order valence-corrected chi connectivity index (χ4v) is 3.68. The minimum absolute atomic E-state index is 0.0350. The fraction of sp³-hybridized carbons (Fsp3) is 0.304. The Morgan fingerprint density at radius 1 is 1.23 bits per heavy atom. The molecule has 1 atom stereocenters. The summed E-state index contributed by atoms with van der Waals surface area (Å²) in [7, 11) is 0. The molecule has 162 valence electrons. The van der Waals surface area contributed by atoms with Gasteiger partial charge in [0.15, 0.2) is 11.5 Å². The largest absolute Gasteiger partial charge is 0.505 e. The van der Waals surface area contributed by atoms with Crippen LogP contribution in [0.2, 0.25) is 0 Å². The number of aromatic hydroxyl groups is 2. The molecule has 0 aliphatic rings. The van der Waals surface area contributed by atoms with Gasteiger partial charge in [0.05, 0.1) is 16.9 Å². The number of pyridine rings is 1. The van der Waals surface area contributed by atoms with Crippen LogP contribution in [-0.2, 0) is 4.79 Å². The van der Waals surface area contributed by atoms with Crippen LogP contribution in [0, 0.1) is 10.1 Å². The molecule has 2 N–H and O–H groups in total. The van der Waals surface area contributed by atoms with Crippen LogP contribution in [0.1, 0.15) is 50.2 Å². The number of carbonyl (C=O) groups excluding carboxylic acids is 1. The maximum Gasteiger partial charge on any atom is 0.279 e. The van der Waals surface area contributed by atoms with Crippen molar-refractivity contribution in [2.45, 2.75) is 39.0 Å². The van der Waals surface area contributed by atoms with Crippen LogP contribution in [0.25, 0.3) is 10.9 Å². The van der Waals surface area contributed by atoms with Crippen molar-refractivity contribution in [3.05, 3.63) is 63.8 Å². The molecule has 1 unspecified atom stereocenters. The van der Waals surface area contributed by atoms with E-state index >= 15 is 0 Å². The van der Waals surface area contributed by atoms with Crippen LogP contribution < -0.4 is 4.74 Å². The van der Waals surface area contributed by atoms with E-state index in [9.17, 15) is 25.1 Å². The molecule has 0 radical (unpaired) electrons. The number of rotatable bonds is 9. The molecule has 8 nitrogen and oxygen atoms in total. The molecule has 0 fully saturated rings. The number of ketones is 1. The van der Waals surface area contributed by atoms with Crippen molar-refractivity contribution >= 4 is 22.4 Å². The Labute approximate surface area is 179 Å². The molecule has 1 heterocycles. The van der Waals surface area contributed by atoms with Crippen molar-refractivity contribution in [3.8, 4) is 17.2 Å². The summed E-state index contributed by atoms with van der Waals surface area (Å²) in [5, 5.41) is 33.0. The molecule has 0 saturated carbocycles. The molecule has 2 aromatic carbocycles. The number of fused-ring (bicyclic) bond motifs is 1. The van der Waals surface area contributed by atoms with E-state index in [0.29, 0.717) is 25.0 Å². The number of hydrogen-bond acceptors (Lipinski definition) is 7. The molecular weight excluding hydrogens is 400 g/mol. The first-order valence-corrected chi connectivity index (χ1v) is 10.1. The highest BCUT2D eigenvalue weighted by molar-refractivity contribution is 5.94. The number of carbonyl (C=O) groups is 1. The van der Waals surface area contributed by atoms with Gasteiger partial charge in [0.2, 0.25) is 0 Å². The Balaban J connectivity index is 2.24. The van der Waals surface area contributed by atoms with Gasteiger partial charge in [0.1, 0.15) is 17.0 Å². The highest BCUT2D eigenvalue weighted by Gasteiger charge is 2.27. The first-order valence-electron chi connectivity index (χ1n) is 10.1. The van der Waals surface area contributed by atoms with Gasteiger partial charge in [-0.25, -0.2) is 0 Å². The van der Waals surface area contributed by atoms with Crippen LogP contribution in [0.15, 0.2) is 42.6 Å². The van der Waals surface area contributed by atoms with Crippen molar-refractivity contribution in [2.24, 2.45) is 0 Å². The number of non-ortho nitro benzene ring substituents is 1. The van der Waals surface area contributed by atoms with Gasteiger partial charge in [-0.05, 0) is 43.2 Å². The van der Waals surface area contributed by atoms with Crippen LogP contribution in [0.5, 0.6) is 17.2 Å². The number of nitro groups is 1.